The fourth-order valence-corrected chi connectivity index (χ4v) is 3.68. The minimum absolute atomic E-state index is 0.175. The Kier molecular flexibility index (Phi) is 5.50. The minimum Gasteiger partial charge on any atom is -0.504 e. The molecule has 4 aromatic rings. The van der Waals surface area contributed by atoms with E-state index in [2.05, 4.69) is 25.6 Å². The quantitative estimate of drug-likeness (QED) is 0.339. The van der Waals surface area contributed by atoms with E-state index in [1.807, 2.05) is 12.3 Å². The van der Waals surface area contributed by atoms with E-state index < -0.39 is 0 Å². The molecule has 0 bridgehead atoms. The summed E-state index contributed by atoms with van der Waals surface area (Å²) in [5.74, 6) is 0.438. The van der Waals surface area contributed by atoms with Gasteiger partial charge in [-0.1, -0.05) is 0 Å². The Morgan fingerprint density at radius 1 is 0.935 bits per heavy atom. The van der Waals surface area contributed by atoms with Gasteiger partial charge in [0, 0.05) is 34.0 Å². The molecule has 8 nitrogen and oxygen atoms in total. The van der Waals surface area contributed by atoms with Crippen molar-refractivity contribution in [2.45, 2.75) is 13.8 Å². The number of nitrogens with zero attached hydrogens (tertiary/aromatic N) is 3. The van der Waals surface area contributed by atoms with Gasteiger partial charge in [-0.25, -0.2) is 15.0 Å². The van der Waals surface area contributed by atoms with Gasteiger partial charge in [0.2, 0.25) is 0 Å². The average molecular weight is 433 g/mol. The van der Waals surface area contributed by atoms with Gasteiger partial charge in [-0.05, 0) is 56.3 Å². The fourth-order valence-electron chi connectivity index (χ4n) is 2.94. The molecule has 0 aliphatic carbocycles. The van der Waals surface area contributed by atoms with E-state index in [-0.39, 0.29) is 17.4 Å². The fraction of sp³-hybridized carbons (Fsp3) is 0.0909. The molecule has 0 aliphatic rings. The normalized spacial score (nSPS) is 10.6. The number of hydrogen-bond donors (Lipinski definition) is 4. The van der Waals surface area contributed by atoms with Gasteiger partial charge in [0.15, 0.2) is 16.6 Å². The first-order valence-electron chi connectivity index (χ1n) is 9.36. The number of aromatic nitrogens is 3. The number of rotatable bonds is 5. The number of phenolic OH excluding ortho intramolecular Hbond substituents is 2. The summed E-state index contributed by atoms with van der Waals surface area (Å²) in [4.78, 5) is 25.4. The Morgan fingerprint density at radius 2 is 1.71 bits per heavy atom. The van der Waals surface area contributed by atoms with Crippen molar-refractivity contribution in [3.05, 3.63) is 71.0 Å². The Balaban J connectivity index is 1.43. The molecule has 9 heteroatoms. The van der Waals surface area contributed by atoms with E-state index in [4.69, 9.17) is 0 Å². The number of aryl methyl sites for hydroxylation is 2. The van der Waals surface area contributed by atoms with E-state index in [1.165, 1.54) is 23.5 Å². The monoisotopic (exact) mass is 433 g/mol. The summed E-state index contributed by atoms with van der Waals surface area (Å²) in [6, 6.07) is 13.3. The first-order valence-corrected chi connectivity index (χ1v) is 10.2. The number of benzene rings is 2. The lowest BCUT2D eigenvalue weighted by molar-refractivity contribution is 0.102. The summed E-state index contributed by atoms with van der Waals surface area (Å²) in [6.45, 7) is 3.62. The van der Waals surface area contributed by atoms with Gasteiger partial charge in [-0.2, -0.15) is 0 Å². The lowest BCUT2D eigenvalue weighted by Gasteiger charge is -2.07. The van der Waals surface area contributed by atoms with Crippen LogP contribution in [-0.4, -0.2) is 31.1 Å². The maximum Gasteiger partial charge on any atom is 0.256 e. The first-order chi connectivity index (χ1) is 14.9. The lowest BCUT2D eigenvalue weighted by Crippen LogP contribution is -2.13. The Hall–Kier alpha value is -3.98. The molecule has 4 N–H and O–H groups in total. The highest BCUT2D eigenvalue weighted by Crippen LogP contribution is 2.32. The minimum atomic E-state index is -0.257. The average Bonchev–Trinajstić information content (AvgIpc) is 3.18. The highest BCUT2D eigenvalue weighted by Gasteiger charge is 2.10. The van der Waals surface area contributed by atoms with Crippen LogP contribution in [0.5, 0.6) is 11.5 Å². The number of amides is 1. The second-order valence-electron chi connectivity index (χ2n) is 6.84. The molecule has 31 heavy (non-hydrogen) atoms. The lowest BCUT2D eigenvalue weighted by atomic mass is 10.1. The number of carbonyl (C=O) groups excluding carboxylic acids is 1. The molecular formula is C22H19N5O3S. The summed E-state index contributed by atoms with van der Waals surface area (Å²) < 4.78 is 0. The third kappa shape index (κ3) is 4.78. The van der Waals surface area contributed by atoms with Gasteiger partial charge in [0.25, 0.3) is 5.91 Å². The SMILES string of the molecule is Cc1cc(NC(=O)c2ccc(Nc3nc(-c4ccc(O)c(O)c4)cs3)cc2)nc(C)n1. The van der Waals surface area contributed by atoms with Gasteiger partial charge in [-0.3, -0.25) is 4.79 Å². The van der Waals surface area contributed by atoms with Crippen LogP contribution in [0, 0.1) is 13.8 Å². The van der Waals surface area contributed by atoms with Crippen molar-refractivity contribution in [3.8, 4) is 22.8 Å². The van der Waals surface area contributed by atoms with Crippen molar-refractivity contribution < 1.29 is 15.0 Å². The van der Waals surface area contributed by atoms with Gasteiger partial charge in [0.1, 0.15) is 11.6 Å². The topological polar surface area (TPSA) is 120 Å². The third-order valence-electron chi connectivity index (χ3n) is 4.38. The highest BCUT2D eigenvalue weighted by atomic mass is 32.1. The maximum atomic E-state index is 12.5. The number of anilines is 3. The van der Waals surface area contributed by atoms with Gasteiger partial charge in [0.05, 0.1) is 5.69 Å². The largest absolute Gasteiger partial charge is 0.504 e. The standard InChI is InChI=1S/C22H19N5O3S/c1-12-9-20(24-13(2)23-12)27-21(30)14-3-6-16(7-4-14)25-22-26-17(11-31-22)15-5-8-18(28)19(29)10-15/h3-11,28-29H,1-2H3,(H,25,26)(H,23,24,27,30). The van der Waals surface area contributed by atoms with Crippen molar-refractivity contribution in [2.24, 2.45) is 0 Å². The predicted octanol–water partition coefficient (Wildman–Crippen LogP) is 4.62. The summed E-state index contributed by atoms with van der Waals surface area (Å²) in [7, 11) is 0. The maximum absolute atomic E-state index is 12.5. The molecule has 2 heterocycles. The van der Waals surface area contributed by atoms with E-state index in [0.29, 0.717) is 33.6 Å². The van der Waals surface area contributed by atoms with E-state index in [1.54, 1.807) is 43.3 Å². The second-order valence-corrected chi connectivity index (χ2v) is 7.70. The van der Waals surface area contributed by atoms with Crippen LogP contribution in [0.2, 0.25) is 0 Å². The Morgan fingerprint density at radius 3 is 2.42 bits per heavy atom. The second kappa shape index (κ2) is 8.41. The first kappa shape index (κ1) is 20.3. The molecule has 4 rings (SSSR count). The van der Waals surface area contributed by atoms with Gasteiger partial charge >= 0.3 is 0 Å². The van der Waals surface area contributed by atoms with Crippen molar-refractivity contribution in [1.29, 1.82) is 0 Å². The van der Waals surface area contributed by atoms with Crippen LogP contribution in [0.4, 0.5) is 16.6 Å². The van der Waals surface area contributed by atoms with Crippen molar-refractivity contribution in [3.63, 3.8) is 0 Å². The molecule has 0 fully saturated rings. The predicted molar refractivity (Wildman–Crippen MR) is 120 cm³/mol. The van der Waals surface area contributed by atoms with Crippen molar-refractivity contribution in [1.82, 2.24) is 15.0 Å². The number of thiazole rings is 1. The van der Waals surface area contributed by atoms with Crippen LogP contribution in [-0.2, 0) is 0 Å². The Labute approximate surface area is 182 Å². The van der Waals surface area contributed by atoms with E-state index in [0.717, 1.165) is 11.4 Å². The number of carbonyl (C=O) groups is 1. The van der Waals surface area contributed by atoms with Crippen LogP contribution in [0.1, 0.15) is 21.9 Å². The molecule has 2 aromatic heterocycles. The van der Waals surface area contributed by atoms with E-state index in [9.17, 15) is 15.0 Å². The Bertz CT molecular complexity index is 1230. The zero-order valence-corrected chi connectivity index (χ0v) is 17.6. The summed E-state index contributed by atoms with van der Waals surface area (Å²) in [5.41, 5.74) is 3.43. The number of nitrogens with one attached hydrogen (secondary N) is 2. The number of hydrogen-bond acceptors (Lipinski definition) is 8. The molecule has 0 spiro atoms. The summed E-state index contributed by atoms with van der Waals surface area (Å²) >= 11 is 1.40. The molecule has 0 radical (unpaired) electrons. The molecule has 1 amide bonds. The molecule has 0 saturated carbocycles. The van der Waals surface area contributed by atoms with E-state index >= 15 is 0 Å². The zero-order chi connectivity index (χ0) is 22.0. The van der Waals surface area contributed by atoms with Crippen LogP contribution in [0.3, 0.4) is 0 Å². The number of aromatic hydroxyl groups is 2. The number of phenols is 2. The van der Waals surface area contributed by atoms with Gasteiger partial charge in [-0.15, -0.1) is 11.3 Å². The van der Waals surface area contributed by atoms with Crippen LogP contribution in [0.15, 0.2) is 53.9 Å². The summed E-state index contributed by atoms with van der Waals surface area (Å²) in [5, 5.41) is 27.6. The van der Waals surface area contributed by atoms with Crippen LogP contribution < -0.4 is 10.6 Å². The summed E-state index contributed by atoms with van der Waals surface area (Å²) in [6.07, 6.45) is 0. The zero-order valence-electron chi connectivity index (χ0n) is 16.7. The third-order valence-corrected chi connectivity index (χ3v) is 5.14. The molecule has 2 aromatic carbocycles. The molecular weight excluding hydrogens is 414 g/mol. The molecule has 0 saturated heterocycles. The van der Waals surface area contributed by atoms with Gasteiger partial charge < -0.3 is 20.8 Å². The smallest absolute Gasteiger partial charge is 0.256 e. The van der Waals surface area contributed by atoms with Crippen molar-refractivity contribution >= 4 is 33.9 Å². The van der Waals surface area contributed by atoms with Crippen molar-refractivity contribution in [2.75, 3.05) is 10.6 Å². The molecule has 156 valence electrons. The molecule has 0 aliphatic heterocycles. The highest BCUT2D eigenvalue weighted by molar-refractivity contribution is 7.14. The van der Waals surface area contributed by atoms with Crippen LogP contribution in [0.25, 0.3) is 11.3 Å². The molecule has 0 unspecified atom stereocenters. The van der Waals surface area contributed by atoms with Crippen LogP contribution >= 0.6 is 11.3 Å². The molecule has 0 atom stereocenters.